The van der Waals surface area contributed by atoms with Crippen LogP contribution < -0.4 is 4.90 Å². The number of aromatic nitrogens is 1. The largest absolute Gasteiger partial charge is 0.478 e. The smallest absolute Gasteiger partial charge is 0.338 e. The minimum absolute atomic E-state index is 0.0219. The molecule has 7 heteroatoms. The number of amides is 2. The second-order valence-corrected chi connectivity index (χ2v) is 6.07. The number of carboxylic acid groups (broad SMARTS) is 1. The first kappa shape index (κ1) is 15.2. The summed E-state index contributed by atoms with van der Waals surface area (Å²) in [6, 6.07) is 11.6. The van der Waals surface area contributed by atoms with Gasteiger partial charge in [0.25, 0.3) is 0 Å². The highest BCUT2D eigenvalue weighted by atomic mass is 32.2. The van der Waals surface area contributed by atoms with Gasteiger partial charge in [-0.25, -0.2) is 14.7 Å². The number of nitrogens with zero attached hydrogens (tertiary/aromatic N) is 2. The van der Waals surface area contributed by atoms with Gasteiger partial charge in [-0.3, -0.25) is 9.59 Å². The molecule has 0 unspecified atom stereocenters. The van der Waals surface area contributed by atoms with Crippen molar-refractivity contribution < 1.29 is 19.5 Å². The van der Waals surface area contributed by atoms with Gasteiger partial charge in [0, 0.05) is 12.6 Å². The summed E-state index contributed by atoms with van der Waals surface area (Å²) >= 11 is 1.01. The molecular weight excluding hydrogens is 316 g/mol. The van der Waals surface area contributed by atoms with Crippen molar-refractivity contribution >= 4 is 35.2 Å². The Morgan fingerprint density at radius 1 is 1.17 bits per heavy atom. The number of carboxylic acids is 1. The van der Waals surface area contributed by atoms with Crippen molar-refractivity contribution in [3.8, 4) is 0 Å². The number of hydrogen-bond donors (Lipinski definition) is 1. The molecule has 1 fully saturated rings. The van der Waals surface area contributed by atoms with Gasteiger partial charge in [-0.05, 0) is 24.3 Å². The number of carbonyl (C=O) groups excluding carboxylic acids is 2. The van der Waals surface area contributed by atoms with Crippen molar-refractivity contribution in [2.24, 2.45) is 0 Å². The highest BCUT2D eigenvalue weighted by Gasteiger charge is 2.40. The average molecular weight is 328 g/mol. The van der Waals surface area contributed by atoms with Crippen molar-refractivity contribution in [1.29, 1.82) is 0 Å². The Labute approximate surface area is 136 Å². The fourth-order valence-electron chi connectivity index (χ4n) is 2.33. The number of imide groups is 1. The second kappa shape index (κ2) is 6.21. The molecule has 1 aromatic carbocycles. The van der Waals surface area contributed by atoms with Crippen molar-refractivity contribution in [2.75, 3.05) is 4.90 Å². The molecule has 1 aliphatic heterocycles. The summed E-state index contributed by atoms with van der Waals surface area (Å²) in [6.07, 6.45) is 1.49. The molecule has 3 rings (SSSR count). The highest BCUT2D eigenvalue weighted by Crippen LogP contribution is 2.34. The van der Waals surface area contributed by atoms with E-state index in [-0.39, 0.29) is 28.8 Å². The molecule has 2 heterocycles. The molecule has 116 valence electrons. The molecule has 1 saturated heterocycles. The lowest BCUT2D eigenvalue weighted by Crippen LogP contribution is -2.31. The monoisotopic (exact) mass is 328 g/mol. The van der Waals surface area contributed by atoms with Crippen LogP contribution in [-0.4, -0.2) is 33.1 Å². The van der Waals surface area contributed by atoms with Crippen molar-refractivity contribution in [2.45, 2.75) is 16.7 Å². The third-order valence-electron chi connectivity index (χ3n) is 3.38. The zero-order valence-electron chi connectivity index (χ0n) is 11.9. The fraction of sp³-hybridized carbons (Fsp3) is 0.125. The number of anilines is 1. The van der Waals surface area contributed by atoms with Gasteiger partial charge < -0.3 is 5.11 Å². The van der Waals surface area contributed by atoms with Gasteiger partial charge in [0.15, 0.2) is 0 Å². The van der Waals surface area contributed by atoms with Crippen molar-refractivity contribution in [3.63, 3.8) is 0 Å². The summed E-state index contributed by atoms with van der Waals surface area (Å²) < 4.78 is 0. The lowest BCUT2D eigenvalue weighted by Gasteiger charge is -2.14. The third kappa shape index (κ3) is 2.95. The van der Waals surface area contributed by atoms with E-state index in [1.54, 1.807) is 30.3 Å². The Hall–Kier alpha value is -2.67. The molecular formula is C16H12N2O4S. The van der Waals surface area contributed by atoms with Crippen LogP contribution in [0.5, 0.6) is 0 Å². The summed E-state index contributed by atoms with van der Waals surface area (Å²) in [7, 11) is 0. The zero-order chi connectivity index (χ0) is 16.4. The predicted molar refractivity (Wildman–Crippen MR) is 84.4 cm³/mol. The van der Waals surface area contributed by atoms with E-state index in [0.717, 1.165) is 16.7 Å². The fourth-order valence-corrected chi connectivity index (χ4v) is 3.43. The molecule has 0 spiro atoms. The van der Waals surface area contributed by atoms with Crippen LogP contribution in [-0.2, 0) is 9.59 Å². The maximum Gasteiger partial charge on any atom is 0.338 e. The Balaban J connectivity index is 1.85. The lowest BCUT2D eigenvalue weighted by molar-refractivity contribution is -0.121. The van der Waals surface area contributed by atoms with E-state index in [9.17, 15) is 19.5 Å². The van der Waals surface area contributed by atoms with Crippen molar-refractivity contribution in [3.05, 3.63) is 54.2 Å². The van der Waals surface area contributed by atoms with Gasteiger partial charge in [0.1, 0.15) is 5.03 Å². The van der Waals surface area contributed by atoms with Crippen LogP contribution in [0.4, 0.5) is 5.69 Å². The van der Waals surface area contributed by atoms with Gasteiger partial charge in [-0.2, -0.15) is 0 Å². The molecule has 0 radical (unpaired) electrons. The van der Waals surface area contributed by atoms with E-state index >= 15 is 0 Å². The van der Waals surface area contributed by atoms with E-state index in [4.69, 9.17) is 0 Å². The molecule has 0 saturated carbocycles. The minimum Gasteiger partial charge on any atom is -0.478 e. The number of para-hydroxylation sites is 1. The van der Waals surface area contributed by atoms with Gasteiger partial charge in [0.05, 0.1) is 16.5 Å². The average Bonchev–Trinajstić information content (AvgIpc) is 2.82. The first-order valence-corrected chi connectivity index (χ1v) is 7.72. The second-order valence-electron chi connectivity index (χ2n) is 4.87. The normalized spacial score (nSPS) is 17.6. The molecule has 0 bridgehead atoms. The summed E-state index contributed by atoms with van der Waals surface area (Å²) in [5, 5.41) is 8.74. The number of pyridine rings is 1. The zero-order valence-corrected chi connectivity index (χ0v) is 12.7. The number of carbonyl (C=O) groups is 3. The van der Waals surface area contributed by atoms with Crippen LogP contribution in [0.1, 0.15) is 16.8 Å². The Morgan fingerprint density at radius 3 is 2.61 bits per heavy atom. The Kier molecular flexibility index (Phi) is 4.12. The van der Waals surface area contributed by atoms with E-state index in [0.29, 0.717) is 5.69 Å². The molecule has 2 aromatic rings. The third-order valence-corrected chi connectivity index (χ3v) is 4.58. The SMILES string of the molecule is O=C(O)c1cccnc1S[C@@H]1CC(=O)N(c2ccccc2)C1=O. The van der Waals surface area contributed by atoms with Gasteiger partial charge >= 0.3 is 5.97 Å². The molecule has 6 nitrogen and oxygen atoms in total. The number of rotatable bonds is 4. The van der Waals surface area contributed by atoms with Crippen LogP contribution in [0.15, 0.2) is 53.7 Å². The Morgan fingerprint density at radius 2 is 1.91 bits per heavy atom. The van der Waals surface area contributed by atoms with Crippen LogP contribution >= 0.6 is 11.8 Å². The molecule has 23 heavy (non-hydrogen) atoms. The van der Waals surface area contributed by atoms with Gasteiger partial charge in [-0.15, -0.1) is 0 Å². The number of aromatic carboxylic acids is 1. The summed E-state index contributed by atoms with van der Waals surface area (Å²) in [4.78, 5) is 41.0. The standard InChI is InChI=1S/C16H12N2O4S/c19-13-9-12(15(20)18(13)10-5-2-1-3-6-10)23-14-11(16(21)22)7-4-8-17-14/h1-8,12H,9H2,(H,21,22)/t12-/m1/s1. The molecule has 1 atom stereocenters. The van der Waals surface area contributed by atoms with E-state index in [1.807, 2.05) is 0 Å². The minimum atomic E-state index is -1.11. The quantitative estimate of drug-likeness (QED) is 0.866. The van der Waals surface area contributed by atoms with Crippen molar-refractivity contribution in [1.82, 2.24) is 4.98 Å². The number of thioether (sulfide) groups is 1. The van der Waals surface area contributed by atoms with Gasteiger partial charge in [-0.1, -0.05) is 30.0 Å². The van der Waals surface area contributed by atoms with Crippen LogP contribution in [0.3, 0.4) is 0 Å². The maximum atomic E-state index is 12.5. The van der Waals surface area contributed by atoms with Crippen LogP contribution in [0, 0.1) is 0 Å². The van der Waals surface area contributed by atoms with E-state index in [1.165, 1.54) is 18.3 Å². The molecule has 2 amide bonds. The molecule has 0 aliphatic carbocycles. The van der Waals surface area contributed by atoms with Crippen LogP contribution in [0.25, 0.3) is 0 Å². The maximum absolute atomic E-state index is 12.5. The van der Waals surface area contributed by atoms with Crippen LogP contribution in [0.2, 0.25) is 0 Å². The first-order chi connectivity index (χ1) is 11.1. The molecule has 1 N–H and O–H groups in total. The highest BCUT2D eigenvalue weighted by molar-refractivity contribution is 8.00. The molecule has 1 aromatic heterocycles. The summed E-state index contributed by atoms with van der Waals surface area (Å²) in [6.45, 7) is 0. The summed E-state index contributed by atoms with van der Waals surface area (Å²) in [5.74, 6) is -1.77. The molecule has 1 aliphatic rings. The summed E-state index contributed by atoms with van der Waals surface area (Å²) in [5.41, 5.74) is 0.543. The van der Waals surface area contributed by atoms with Gasteiger partial charge in [0.2, 0.25) is 11.8 Å². The topological polar surface area (TPSA) is 87.6 Å². The Bertz CT molecular complexity index is 779. The lowest BCUT2D eigenvalue weighted by atomic mass is 10.3. The first-order valence-electron chi connectivity index (χ1n) is 6.84. The number of benzene rings is 1. The predicted octanol–water partition coefficient (Wildman–Crippen LogP) is 2.20. The van der Waals surface area contributed by atoms with E-state index < -0.39 is 11.2 Å². The van der Waals surface area contributed by atoms with E-state index in [2.05, 4.69) is 4.98 Å². The number of hydrogen-bond acceptors (Lipinski definition) is 5.